The fourth-order valence-electron chi connectivity index (χ4n) is 4.69. The maximum Gasteiger partial charge on any atom is 0.231 e. The average molecular weight is 530 g/mol. The van der Waals surface area contributed by atoms with Crippen molar-refractivity contribution in [2.24, 2.45) is 0 Å². The van der Waals surface area contributed by atoms with Gasteiger partial charge in [0.25, 0.3) is 0 Å². The van der Waals surface area contributed by atoms with Crippen molar-refractivity contribution < 1.29 is 13.7 Å². The predicted octanol–water partition coefficient (Wildman–Crippen LogP) is 5.66. The monoisotopic (exact) mass is 529 g/mol. The van der Waals surface area contributed by atoms with Crippen molar-refractivity contribution in [2.75, 3.05) is 13.8 Å². The zero-order valence-corrected chi connectivity index (χ0v) is 23.3. The zero-order valence-electron chi connectivity index (χ0n) is 21.6. The Morgan fingerprint density at radius 3 is 1.78 bits per heavy atom. The first-order valence-corrected chi connectivity index (χ1v) is 14.8. The molecule has 0 saturated carbocycles. The Bertz CT molecular complexity index is 1330. The molecule has 4 nitrogen and oxygen atoms in total. The number of fused-ring (bicyclic) bond motifs is 1. The summed E-state index contributed by atoms with van der Waals surface area (Å²) in [4.78, 5) is 0. The van der Waals surface area contributed by atoms with Crippen LogP contribution in [0, 0.1) is 0 Å². The van der Waals surface area contributed by atoms with Crippen molar-refractivity contribution in [1.82, 2.24) is 4.31 Å². The number of rotatable bonds is 7. The van der Waals surface area contributed by atoms with Gasteiger partial charge in [0.05, 0.1) is 10.8 Å². The minimum atomic E-state index is -1.25. The highest BCUT2D eigenvalue weighted by Crippen LogP contribution is 2.44. The van der Waals surface area contributed by atoms with Crippen LogP contribution >= 0.6 is 7.92 Å². The minimum Gasteiger partial charge on any atom is -0.454 e. The highest BCUT2D eigenvalue weighted by molar-refractivity contribution is 7.84. The van der Waals surface area contributed by atoms with Crippen molar-refractivity contribution in [3.8, 4) is 11.5 Å². The van der Waals surface area contributed by atoms with Gasteiger partial charge in [-0.3, -0.25) is 0 Å². The van der Waals surface area contributed by atoms with Crippen LogP contribution in [0.4, 0.5) is 0 Å². The summed E-state index contributed by atoms with van der Waals surface area (Å²) in [5.41, 5.74) is 2.16. The molecule has 0 radical (unpaired) electrons. The van der Waals surface area contributed by atoms with Gasteiger partial charge in [0.15, 0.2) is 11.5 Å². The summed E-state index contributed by atoms with van der Waals surface area (Å²) in [5, 5.41) is 3.66. The van der Waals surface area contributed by atoms with Crippen molar-refractivity contribution in [3.05, 3.63) is 114 Å². The lowest BCUT2D eigenvalue weighted by atomic mass is 9.98. The first-order chi connectivity index (χ1) is 17.8. The second-order valence-electron chi connectivity index (χ2n) is 9.99. The van der Waals surface area contributed by atoms with Gasteiger partial charge in [0.1, 0.15) is 11.0 Å². The zero-order chi connectivity index (χ0) is 26.0. The molecule has 2 atom stereocenters. The molecule has 0 bridgehead atoms. The number of ether oxygens (including phenoxy) is 2. The van der Waals surface area contributed by atoms with E-state index in [0.29, 0.717) is 0 Å². The molecule has 1 aliphatic rings. The molecule has 0 N–H and O–H groups in total. The maximum absolute atomic E-state index is 13.8. The molecule has 1 heterocycles. The maximum atomic E-state index is 13.8. The molecule has 6 heteroatoms. The van der Waals surface area contributed by atoms with E-state index in [4.69, 9.17) is 9.47 Å². The molecular formula is C31H32NO3PS. The first-order valence-electron chi connectivity index (χ1n) is 12.4. The SMILES string of the molecule is CN([C@@H](c1ccccc1)c1cc2c(cc1P(c1ccccc1)c1ccccc1)OCO2)S(=O)C(C)(C)C. The summed E-state index contributed by atoms with van der Waals surface area (Å²) in [6.45, 7) is 6.25. The van der Waals surface area contributed by atoms with Crippen LogP contribution in [0.1, 0.15) is 37.9 Å². The van der Waals surface area contributed by atoms with E-state index in [1.54, 1.807) is 0 Å². The molecule has 1 aliphatic heterocycles. The van der Waals surface area contributed by atoms with E-state index in [1.807, 2.05) is 50.3 Å². The molecule has 4 aromatic carbocycles. The number of benzene rings is 4. The van der Waals surface area contributed by atoms with Crippen molar-refractivity contribution in [3.63, 3.8) is 0 Å². The summed E-state index contributed by atoms with van der Waals surface area (Å²) in [7, 11) is -0.224. The number of nitrogens with zero attached hydrogens (tertiary/aromatic N) is 1. The van der Waals surface area contributed by atoms with E-state index < -0.39 is 23.7 Å². The minimum absolute atomic E-state index is 0.201. The second-order valence-corrected chi connectivity index (χ2v) is 14.5. The van der Waals surface area contributed by atoms with Crippen LogP contribution < -0.4 is 25.4 Å². The number of hydrogen-bond acceptors (Lipinski definition) is 3. The Morgan fingerprint density at radius 1 is 0.784 bits per heavy atom. The third kappa shape index (κ3) is 5.36. The van der Waals surface area contributed by atoms with Gasteiger partial charge in [-0.25, -0.2) is 8.51 Å². The molecule has 0 fully saturated rings. The summed E-state index contributed by atoms with van der Waals surface area (Å²) in [6, 6.07) is 35.6. The van der Waals surface area contributed by atoms with Crippen LogP contribution in [0.2, 0.25) is 0 Å². The molecule has 0 aliphatic carbocycles. The van der Waals surface area contributed by atoms with Crippen LogP contribution in [-0.2, 0) is 11.0 Å². The van der Waals surface area contributed by atoms with Gasteiger partial charge in [-0.05, 0) is 67.9 Å². The van der Waals surface area contributed by atoms with E-state index >= 15 is 0 Å². The van der Waals surface area contributed by atoms with Gasteiger partial charge in [0, 0.05) is 7.05 Å². The summed E-state index contributed by atoms with van der Waals surface area (Å²) in [5.74, 6) is 1.48. The van der Waals surface area contributed by atoms with E-state index in [0.717, 1.165) is 22.6 Å². The molecular weight excluding hydrogens is 497 g/mol. The molecule has 0 aromatic heterocycles. The smallest absolute Gasteiger partial charge is 0.231 e. The highest BCUT2D eigenvalue weighted by Gasteiger charge is 2.35. The van der Waals surface area contributed by atoms with Crippen LogP contribution in [0.5, 0.6) is 11.5 Å². The molecule has 4 aromatic rings. The lowest BCUT2D eigenvalue weighted by Crippen LogP contribution is -2.39. The van der Waals surface area contributed by atoms with Crippen molar-refractivity contribution >= 4 is 34.8 Å². The van der Waals surface area contributed by atoms with Gasteiger partial charge < -0.3 is 9.47 Å². The average Bonchev–Trinajstić information content (AvgIpc) is 3.37. The van der Waals surface area contributed by atoms with Gasteiger partial charge in [-0.1, -0.05) is 91.0 Å². The van der Waals surface area contributed by atoms with Gasteiger partial charge >= 0.3 is 0 Å². The highest BCUT2D eigenvalue weighted by atomic mass is 32.2. The summed E-state index contributed by atoms with van der Waals surface area (Å²) >= 11 is 0. The van der Waals surface area contributed by atoms with Crippen molar-refractivity contribution in [1.29, 1.82) is 0 Å². The van der Waals surface area contributed by atoms with Gasteiger partial charge in [0.2, 0.25) is 6.79 Å². The lowest BCUT2D eigenvalue weighted by Gasteiger charge is -2.35. The van der Waals surface area contributed by atoms with Gasteiger partial charge in [-0.15, -0.1) is 0 Å². The Labute approximate surface area is 223 Å². The van der Waals surface area contributed by atoms with Crippen molar-refractivity contribution in [2.45, 2.75) is 31.6 Å². The van der Waals surface area contributed by atoms with E-state index in [9.17, 15) is 4.21 Å². The standard InChI is InChI=1S/C31H32NO3PS/c1-31(2,3)37(33)32(4)30(23-14-8-5-9-15-23)26-20-27-28(35-22-34-27)21-29(26)36(24-16-10-6-11-17-24)25-18-12-7-13-19-25/h5-21,30H,22H2,1-4H3/t30-,37?/m0/s1. The fraction of sp³-hybridized carbons (Fsp3) is 0.226. The van der Waals surface area contributed by atoms with Crippen LogP contribution in [0.3, 0.4) is 0 Å². The Kier molecular flexibility index (Phi) is 7.48. The first kappa shape index (κ1) is 25.7. The Morgan fingerprint density at radius 2 is 1.27 bits per heavy atom. The van der Waals surface area contributed by atoms with Crippen LogP contribution in [-0.4, -0.2) is 27.1 Å². The molecule has 0 saturated heterocycles. The Hall–Kier alpha value is -2.98. The van der Waals surface area contributed by atoms with Crippen LogP contribution in [0.25, 0.3) is 0 Å². The summed E-state index contributed by atoms with van der Waals surface area (Å²) < 4.78 is 27.1. The normalized spacial score (nSPS) is 14.6. The Balaban J connectivity index is 1.78. The third-order valence-electron chi connectivity index (χ3n) is 6.35. The van der Waals surface area contributed by atoms with Crippen LogP contribution in [0.15, 0.2) is 103 Å². The quantitative estimate of drug-likeness (QED) is 0.290. The molecule has 0 spiro atoms. The third-order valence-corrected chi connectivity index (χ3v) is 10.6. The van der Waals surface area contributed by atoms with E-state index in [2.05, 4.69) is 84.9 Å². The molecule has 1 unspecified atom stereocenters. The molecule has 190 valence electrons. The van der Waals surface area contributed by atoms with E-state index in [-0.39, 0.29) is 12.8 Å². The fourth-order valence-corrected chi connectivity index (χ4v) is 8.47. The number of hydrogen-bond donors (Lipinski definition) is 0. The summed E-state index contributed by atoms with van der Waals surface area (Å²) in [6.07, 6.45) is 0. The largest absolute Gasteiger partial charge is 0.454 e. The molecule has 37 heavy (non-hydrogen) atoms. The lowest BCUT2D eigenvalue weighted by molar-refractivity contribution is 0.174. The molecule has 5 rings (SSSR count). The topological polar surface area (TPSA) is 38.8 Å². The second kappa shape index (κ2) is 10.8. The van der Waals surface area contributed by atoms with E-state index in [1.165, 1.54) is 15.9 Å². The van der Waals surface area contributed by atoms with Gasteiger partial charge in [-0.2, -0.15) is 0 Å². The predicted molar refractivity (Wildman–Crippen MR) is 155 cm³/mol. The molecule has 0 amide bonds.